The molecule has 33 heavy (non-hydrogen) atoms. The minimum absolute atomic E-state index is 0.0101. The first kappa shape index (κ1) is 24.3. The molecule has 0 aromatic heterocycles. The third kappa shape index (κ3) is 3.23. The third-order valence-electron chi connectivity index (χ3n) is 12.7. The predicted molar refractivity (Wildman–Crippen MR) is 133 cm³/mol. The molecule has 10 atom stereocenters. The molecule has 3 heteroatoms. The van der Waals surface area contributed by atoms with Crippen molar-refractivity contribution in [3.05, 3.63) is 11.1 Å². The highest BCUT2D eigenvalue weighted by Crippen LogP contribution is 2.72. The van der Waals surface area contributed by atoms with Crippen LogP contribution in [0.5, 0.6) is 0 Å². The Bertz CT molecular complexity index is 815. The molecule has 0 aromatic rings. The number of ether oxygens (including phenoxy) is 1. The minimum Gasteiger partial charge on any atom is -0.393 e. The normalized spacial score (nSPS) is 52.6. The van der Waals surface area contributed by atoms with E-state index < -0.39 is 6.29 Å². The van der Waals surface area contributed by atoms with Crippen molar-refractivity contribution in [3.63, 3.8) is 0 Å². The van der Waals surface area contributed by atoms with Gasteiger partial charge in [0.1, 0.15) is 0 Å². The topological polar surface area (TPSA) is 49.7 Å². The van der Waals surface area contributed by atoms with Gasteiger partial charge in [-0.25, -0.2) is 0 Å². The molecule has 0 amide bonds. The fraction of sp³-hybridized carbons (Fsp3) is 0.933. The fourth-order valence-corrected chi connectivity index (χ4v) is 10.2. The maximum Gasteiger partial charge on any atom is 0.157 e. The zero-order valence-electron chi connectivity index (χ0n) is 22.4. The molecule has 5 aliphatic rings. The summed E-state index contributed by atoms with van der Waals surface area (Å²) in [5, 5.41) is 21.2. The van der Waals surface area contributed by atoms with Crippen LogP contribution in [0.4, 0.5) is 0 Å². The minimum atomic E-state index is -0.590. The second-order valence-corrected chi connectivity index (χ2v) is 14.2. The molecule has 3 nitrogen and oxygen atoms in total. The smallest absolute Gasteiger partial charge is 0.157 e. The van der Waals surface area contributed by atoms with Crippen LogP contribution in [0.25, 0.3) is 0 Å². The lowest BCUT2D eigenvalue weighted by Crippen LogP contribution is -2.55. The zero-order chi connectivity index (χ0) is 24.0. The van der Waals surface area contributed by atoms with Gasteiger partial charge in [0, 0.05) is 5.92 Å². The molecular weight excluding hydrogens is 408 g/mol. The van der Waals surface area contributed by atoms with E-state index in [9.17, 15) is 10.2 Å². The van der Waals surface area contributed by atoms with Crippen LogP contribution in [0.1, 0.15) is 113 Å². The van der Waals surface area contributed by atoms with E-state index in [1.165, 1.54) is 38.5 Å². The van der Waals surface area contributed by atoms with E-state index >= 15 is 0 Å². The van der Waals surface area contributed by atoms with Gasteiger partial charge >= 0.3 is 0 Å². The molecule has 2 saturated carbocycles. The molecule has 0 aromatic carbocycles. The van der Waals surface area contributed by atoms with Gasteiger partial charge in [-0.1, -0.05) is 59.6 Å². The fourth-order valence-electron chi connectivity index (χ4n) is 10.2. The van der Waals surface area contributed by atoms with Crippen LogP contribution in [0.2, 0.25) is 0 Å². The highest BCUT2D eigenvalue weighted by atomic mass is 16.6. The van der Waals surface area contributed by atoms with E-state index in [0.29, 0.717) is 23.2 Å². The Morgan fingerprint density at radius 3 is 2.27 bits per heavy atom. The van der Waals surface area contributed by atoms with Crippen LogP contribution in [0.15, 0.2) is 11.1 Å². The Hall–Kier alpha value is -0.380. The molecule has 5 rings (SSSR count). The number of aliphatic hydroxyl groups is 2. The first-order chi connectivity index (χ1) is 15.4. The number of allylic oxidation sites excluding steroid dienone is 2. The quantitative estimate of drug-likeness (QED) is 0.444. The Balaban J connectivity index is 1.46. The van der Waals surface area contributed by atoms with Gasteiger partial charge in [-0.05, 0) is 104 Å². The van der Waals surface area contributed by atoms with Gasteiger partial charge in [-0.15, -0.1) is 0 Å². The molecule has 0 spiro atoms. The van der Waals surface area contributed by atoms with E-state index in [0.717, 1.165) is 25.7 Å². The van der Waals surface area contributed by atoms with Crippen molar-refractivity contribution in [1.82, 2.24) is 0 Å². The highest BCUT2D eigenvalue weighted by molar-refractivity contribution is 5.38. The number of hydrogen-bond acceptors (Lipinski definition) is 3. The summed E-state index contributed by atoms with van der Waals surface area (Å²) in [6, 6.07) is 0. The van der Waals surface area contributed by atoms with Crippen LogP contribution in [-0.2, 0) is 4.74 Å². The SMILES string of the molecule is C[C@H]([C@@H]1CC[C@H](C)[C@@H](O)O1)[C@H]1CC[C@@]2(C)C3=C(CC[C@]12C)[C@@]1(C)CC[C@H](O)C(C)(C)C1CC3. The average molecular weight is 459 g/mol. The number of hydrogen-bond donors (Lipinski definition) is 2. The second kappa shape index (κ2) is 7.81. The number of rotatable bonds is 2. The van der Waals surface area contributed by atoms with Gasteiger partial charge in [0.05, 0.1) is 12.2 Å². The summed E-state index contributed by atoms with van der Waals surface area (Å²) in [5.41, 5.74) is 4.48. The van der Waals surface area contributed by atoms with E-state index in [-0.39, 0.29) is 34.4 Å². The lowest BCUT2D eigenvalue weighted by molar-refractivity contribution is -0.209. The zero-order valence-corrected chi connectivity index (χ0v) is 22.4. The van der Waals surface area contributed by atoms with Gasteiger partial charge in [-0.2, -0.15) is 0 Å². The summed E-state index contributed by atoms with van der Waals surface area (Å²) in [6.45, 7) is 17.0. The van der Waals surface area contributed by atoms with Crippen LogP contribution in [0, 0.1) is 45.3 Å². The predicted octanol–water partition coefficient (Wildman–Crippen LogP) is 6.87. The first-order valence-electron chi connectivity index (χ1n) is 14.1. The van der Waals surface area contributed by atoms with Gasteiger partial charge in [0.25, 0.3) is 0 Å². The van der Waals surface area contributed by atoms with E-state index in [4.69, 9.17) is 4.74 Å². The van der Waals surface area contributed by atoms with Crippen molar-refractivity contribution in [1.29, 1.82) is 0 Å². The van der Waals surface area contributed by atoms with E-state index in [1.54, 1.807) is 5.57 Å². The first-order valence-corrected chi connectivity index (χ1v) is 14.1. The summed E-state index contributed by atoms with van der Waals surface area (Å²) in [4.78, 5) is 0. The van der Waals surface area contributed by atoms with E-state index in [1.807, 2.05) is 5.57 Å². The van der Waals surface area contributed by atoms with Crippen molar-refractivity contribution in [2.45, 2.75) is 131 Å². The molecule has 0 radical (unpaired) electrons. The van der Waals surface area contributed by atoms with Crippen LogP contribution in [0.3, 0.4) is 0 Å². The van der Waals surface area contributed by atoms with Crippen molar-refractivity contribution in [2.75, 3.05) is 0 Å². The van der Waals surface area contributed by atoms with Crippen molar-refractivity contribution in [2.24, 2.45) is 45.3 Å². The van der Waals surface area contributed by atoms with Gasteiger partial charge in [0.2, 0.25) is 0 Å². The summed E-state index contributed by atoms with van der Waals surface area (Å²) in [7, 11) is 0. The molecule has 1 unspecified atom stereocenters. The van der Waals surface area contributed by atoms with Crippen LogP contribution in [-0.4, -0.2) is 28.7 Å². The van der Waals surface area contributed by atoms with Gasteiger partial charge < -0.3 is 14.9 Å². The maximum absolute atomic E-state index is 10.8. The van der Waals surface area contributed by atoms with Crippen molar-refractivity contribution >= 4 is 0 Å². The molecule has 3 fully saturated rings. The lowest BCUT2D eigenvalue weighted by Gasteiger charge is -2.62. The molecule has 188 valence electrons. The van der Waals surface area contributed by atoms with Crippen molar-refractivity contribution in [3.8, 4) is 0 Å². The average Bonchev–Trinajstić information content (AvgIpc) is 3.04. The summed E-state index contributed by atoms with van der Waals surface area (Å²) < 4.78 is 6.18. The maximum atomic E-state index is 10.8. The molecule has 1 heterocycles. The summed E-state index contributed by atoms with van der Waals surface area (Å²) in [6.07, 6.45) is 11.3. The molecule has 4 aliphatic carbocycles. The van der Waals surface area contributed by atoms with Gasteiger partial charge in [-0.3, -0.25) is 0 Å². The van der Waals surface area contributed by atoms with Crippen LogP contribution < -0.4 is 0 Å². The lowest BCUT2D eigenvalue weighted by atomic mass is 9.43. The monoisotopic (exact) mass is 458 g/mol. The molecule has 2 N–H and O–H groups in total. The highest BCUT2D eigenvalue weighted by Gasteiger charge is 2.63. The Morgan fingerprint density at radius 1 is 0.848 bits per heavy atom. The standard InChI is InChI=1S/C30H50O3/c1-18-8-10-23(33-26(18)32)19(2)20-12-16-30(7)22-9-11-24-27(3,4)25(31)14-15-28(24,5)21(22)13-17-29(20,30)6/h18-20,23-26,31-32H,8-17H2,1-7H3/t18-,19-,20+,23-,24?,25-,26-,28+,29+,30-/m0/s1. The Labute approximate surface area is 202 Å². The molecule has 0 bridgehead atoms. The molecule has 1 aliphatic heterocycles. The number of aliphatic hydroxyl groups excluding tert-OH is 2. The van der Waals surface area contributed by atoms with Crippen LogP contribution >= 0.6 is 0 Å². The van der Waals surface area contributed by atoms with E-state index in [2.05, 4.69) is 48.5 Å². The Kier molecular flexibility index (Phi) is 5.75. The largest absolute Gasteiger partial charge is 0.393 e. The second-order valence-electron chi connectivity index (χ2n) is 14.2. The Morgan fingerprint density at radius 2 is 1.58 bits per heavy atom. The number of fused-ring (bicyclic) bond motifs is 4. The molecular formula is C30H50O3. The van der Waals surface area contributed by atoms with Crippen molar-refractivity contribution < 1.29 is 14.9 Å². The molecule has 1 saturated heterocycles. The van der Waals surface area contributed by atoms with Gasteiger partial charge in [0.15, 0.2) is 6.29 Å². The third-order valence-corrected chi connectivity index (χ3v) is 12.7. The summed E-state index contributed by atoms with van der Waals surface area (Å²) in [5.74, 6) is 2.01. The summed E-state index contributed by atoms with van der Waals surface area (Å²) >= 11 is 0.